The predicted octanol–water partition coefficient (Wildman–Crippen LogP) is 1.97. The number of aliphatic hydroxyl groups excluding tert-OH is 2. The van der Waals surface area contributed by atoms with Crippen molar-refractivity contribution in [2.75, 3.05) is 0 Å². The highest BCUT2D eigenvalue weighted by molar-refractivity contribution is 7.46. The van der Waals surface area contributed by atoms with E-state index in [1.54, 1.807) is 20.8 Å². The fourth-order valence-corrected chi connectivity index (χ4v) is 9.18. The van der Waals surface area contributed by atoms with Gasteiger partial charge in [0, 0.05) is 11.3 Å². The highest BCUT2D eigenvalue weighted by Crippen LogP contribution is 2.69. The number of phosphoric ester groups is 1. The van der Waals surface area contributed by atoms with Crippen molar-refractivity contribution < 1.29 is 49.2 Å². The first-order valence-corrected chi connectivity index (χ1v) is 15.2. The summed E-state index contributed by atoms with van der Waals surface area (Å²) in [5.74, 6) is -1.58. The van der Waals surface area contributed by atoms with Crippen LogP contribution in [0.25, 0.3) is 0 Å². The minimum absolute atomic E-state index is 0.0255. The summed E-state index contributed by atoms with van der Waals surface area (Å²) in [6, 6.07) is 0. The van der Waals surface area contributed by atoms with Gasteiger partial charge in [0.2, 0.25) is 0 Å². The summed E-state index contributed by atoms with van der Waals surface area (Å²) in [4.78, 5) is 32.0. The van der Waals surface area contributed by atoms with E-state index in [2.05, 4.69) is 0 Å². The second-order valence-corrected chi connectivity index (χ2v) is 14.9. The number of ketones is 1. The first-order valence-electron chi connectivity index (χ1n) is 13.7. The van der Waals surface area contributed by atoms with Gasteiger partial charge in [0.1, 0.15) is 0 Å². The molecule has 0 amide bonds. The largest absolute Gasteiger partial charge is 0.469 e. The van der Waals surface area contributed by atoms with E-state index in [0.717, 1.165) is 0 Å². The third-order valence-corrected chi connectivity index (χ3v) is 11.3. The number of hydrogen-bond donors (Lipinski definition) is 7. The Morgan fingerprint density at radius 2 is 1.76 bits per heavy atom. The fraction of sp³-hybridized carbons (Fsp3) is 0.889. The molecule has 11 heteroatoms. The van der Waals surface area contributed by atoms with Crippen LogP contribution in [0.4, 0.5) is 0 Å². The fourth-order valence-electron chi connectivity index (χ4n) is 8.60. The summed E-state index contributed by atoms with van der Waals surface area (Å²) in [6.07, 6.45) is 0.472. The molecule has 0 aliphatic heterocycles. The smallest absolute Gasteiger partial charge is 0.390 e. The van der Waals surface area contributed by atoms with E-state index in [1.165, 1.54) is 6.08 Å². The maximum absolute atomic E-state index is 13.5. The van der Waals surface area contributed by atoms with Crippen molar-refractivity contribution in [3.63, 3.8) is 0 Å². The summed E-state index contributed by atoms with van der Waals surface area (Å²) < 4.78 is 16.2. The van der Waals surface area contributed by atoms with Crippen LogP contribution in [0, 0.1) is 28.6 Å². The first kappa shape index (κ1) is 30.3. The summed E-state index contributed by atoms with van der Waals surface area (Å²) >= 11 is 0. The molecule has 0 saturated heterocycles. The zero-order valence-corrected chi connectivity index (χ0v) is 23.9. The van der Waals surface area contributed by atoms with Crippen molar-refractivity contribution in [1.29, 1.82) is 0 Å². The molecule has 1 unspecified atom stereocenters. The van der Waals surface area contributed by atoms with E-state index in [9.17, 15) is 44.7 Å². The molecule has 4 rings (SSSR count). The van der Waals surface area contributed by atoms with Gasteiger partial charge in [0.25, 0.3) is 0 Å². The molecule has 0 heterocycles. The molecule has 3 saturated carbocycles. The maximum Gasteiger partial charge on any atom is 0.469 e. The SMILES string of the molecule is CC(C)(O)CC[C@@H](O)[C@](C)(O)[C@H]1CC[C@@]2(O)C3=CC(=O)[C@@H]4C[C@H](OP(=O)(O)O)[C@@H](O)C[C@]4(C)C3CC[C@]12C. The van der Waals surface area contributed by atoms with Gasteiger partial charge in [0.05, 0.1) is 35.1 Å². The summed E-state index contributed by atoms with van der Waals surface area (Å²) in [7, 11) is -4.85. The van der Waals surface area contributed by atoms with Crippen molar-refractivity contribution >= 4 is 13.6 Å². The first-order chi connectivity index (χ1) is 17.2. The van der Waals surface area contributed by atoms with Crippen LogP contribution in [0.2, 0.25) is 0 Å². The minimum Gasteiger partial charge on any atom is -0.390 e. The molecule has 0 aromatic heterocycles. The van der Waals surface area contributed by atoms with E-state index in [-0.39, 0.29) is 31.0 Å². The molecule has 4 aliphatic carbocycles. The molecule has 0 spiro atoms. The van der Waals surface area contributed by atoms with Crippen LogP contribution in [0.5, 0.6) is 0 Å². The molecular formula is C27H45O10P. The minimum atomic E-state index is -4.85. The van der Waals surface area contributed by atoms with Crippen LogP contribution in [0.3, 0.4) is 0 Å². The molecule has 218 valence electrons. The number of carbonyl (C=O) groups excluding carboxylic acids is 1. The predicted molar refractivity (Wildman–Crippen MR) is 138 cm³/mol. The van der Waals surface area contributed by atoms with Gasteiger partial charge in [-0.05, 0) is 101 Å². The van der Waals surface area contributed by atoms with Gasteiger partial charge in [0.15, 0.2) is 5.78 Å². The molecule has 4 aliphatic rings. The van der Waals surface area contributed by atoms with Crippen molar-refractivity contribution in [3.8, 4) is 0 Å². The van der Waals surface area contributed by atoms with Crippen LogP contribution in [0.15, 0.2) is 11.6 Å². The molecule has 10 atom stereocenters. The third-order valence-electron chi connectivity index (χ3n) is 10.8. The average Bonchev–Trinajstić information content (AvgIpc) is 3.04. The number of allylic oxidation sites excluding steroid dienone is 1. The van der Waals surface area contributed by atoms with Gasteiger partial charge in [-0.2, -0.15) is 0 Å². The summed E-state index contributed by atoms with van der Waals surface area (Å²) in [6.45, 7) is 8.70. The Labute approximate surface area is 224 Å². The van der Waals surface area contributed by atoms with Crippen molar-refractivity contribution in [2.24, 2.45) is 28.6 Å². The van der Waals surface area contributed by atoms with Gasteiger partial charge in [-0.15, -0.1) is 0 Å². The van der Waals surface area contributed by atoms with E-state index >= 15 is 0 Å². The number of aliphatic hydroxyl groups is 5. The lowest BCUT2D eigenvalue weighted by molar-refractivity contribution is -0.176. The van der Waals surface area contributed by atoms with E-state index in [0.29, 0.717) is 37.7 Å². The van der Waals surface area contributed by atoms with E-state index in [1.807, 2.05) is 13.8 Å². The highest BCUT2D eigenvalue weighted by atomic mass is 31.2. The second kappa shape index (κ2) is 9.43. The quantitative estimate of drug-likeness (QED) is 0.227. The summed E-state index contributed by atoms with van der Waals surface area (Å²) in [5.41, 5.74) is -4.88. The normalized spacial score (nSPS) is 43.9. The van der Waals surface area contributed by atoms with Crippen LogP contribution in [0.1, 0.15) is 86.0 Å². The van der Waals surface area contributed by atoms with Gasteiger partial charge >= 0.3 is 7.82 Å². The van der Waals surface area contributed by atoms with Gasteiger partial charge in [-0.25, -0.2) is 4.57 Å². The number of fused-ring (bicyclic) bond motifs is 5. The summed E-state index contributed by atoms with van der Waals surface area (Å²) in [5, 5.41) is 55.8. The number of phosphoric acid groups is 1. The van der Waals surface area contributed by atoms with Crippen LogP contribution in [-0.4, -0.2) is 76.2 Å². The molecule has 0 radical (unpaired) electrons. The Bertz CT molecular complexity index is 1030. The number of rotatable bonds is 7. The molecule has 38 heavy (non-hydrogen) atoms. The maximum atomic E-state index is 13.5. The third kappa shape index (κ3) is 4.88. The lowest BCUT2D eigenvalue weighted by Crippen LogP contribution is -2.63. The molecule has 0 bridgehead atoms. The van der Waals surface area contributed by atoms with Gasteiger partial charge < -0.3 is 35.3 Å². The molecular weight excluding hydrogens is 515 g/mol. The van der Waals surface area contributed by atoms with Crippen LogP contribution in [-0.2, 0) is 13.9 Å². The van der Waals surface area contributed by atoms with Crippen LogP contribution < -0.4 is 0 Å². The van der Waals surface area contributed by atoms with E-state index < -0.39 is 65.6 Å². The highest BCUT2D eigenvalue weighted by Gasteiger charge is 2.69. The lowest BCUT2D eigenvalue weighted by Gasteiger charge is -2.61. The monoisotopic (exact) mass is 560 g/mol. The molecule has 0 aromatic rings. The average molecular weight is 561 g/mol. The van der Waals surface area contributed by atoms with Crippen molar-refractivity contribution in [1.82, 2.24) is 0 Å². The van der Waals surface area contributed by atoms with Crippen molar-refractivity contribution in [3.05, 3.63) is 11.6 Å². The molecule has 0 aromatic carbocycles. The van der Waals surface area contributed by atoms with Gasteiger partial charge in [-0.3, -0.25) is 9.32 Å². The van der Waals surface area contributed by atoms with E-state index in [4.69, 9.17) is 4.52 Å². The zero-order chi connectivity index (χ0) is 28.7. The van der Waals surface area contributed by atoms with Crippen molar-refractivity contribution in [2.45, 2.75) is 121 Å². The molecule has 7 N–H and O–H groups in total. The Morgan fingerprint density at radius 1 is 1.13 bits per heavy atom. The Kier molecular flexibility index (Phi) is 7.51. The van der Waals surface area contributed by atoms with Crippen LogP contribution >= 0.6 is 7.82 Å². The number of carbonyl (C=O) groups is 1. The Morgan fingerprint density at radius 3 is 2.34 bits per heavy atom. The van der Waals surface area contributed by atoms with Gasteiger partial charge in [-0.1, -0.05) is 13.8 Å². The lowest BCUT2D eigenvalue weighted by atomic mass is 9.45. The second-order valence-electron chi connectivity index (χ2n) is 13.8. The number of hydrogen-bond acceptors (Lipinski definition) is 8. The topological polar surface area (TPSA) is 185 Å². The Balaban J connectivity index is 1.64. The molecule has 3 fully saturated rings. The molecule has 10 nitrogen and oxygen atoms in total. The standard InChI is InChI=1S/C27H45O10P/c1-23(2,31)9-8-22(30)26(5,32)21-7-11-27(33)16-12-18(28)17-13-20(37-38(34,35)36)19(29)14-24(17,3)15(16)6-10-25(21,27)4/h12,15,17,19-22,29-33H,6-11,13-14H2,1-5H3,(H2,34,35,36)/t15?,17-,19-,20-,21-,22+,24+,25+,26+,27+/m0/s1. The zero-order valence-electron chi connectivity index (χ0n) is 23.0. The Hall–Kier alpha value is -0.680.